The highest BCUT2D eigenvalue weighted by Crippen LogP contribution is 2.25. The van der Waals surface area contributed by atoms with Gasteiger partial charge in [0, 0.05) is 0 Å². The number of rotatable bonds is 7. The van der Waals surface area contributed by atoms with Crippen molar-refractivity contribution in [1.82, 2.24) is 0 Å². The van der Waals surface area contributed by atoms with Crippen molar-refractivity contribution in [2.45, 2.75) is 46.5 Å². The van der Waals surface area contributed by atoms with Gasteiger partial charge in [0.05, 0.1) is 6.61 Å². The quantitative estimate of drug-likeness (QED) is 0.638. The number of benzene rings is 2. The summed E-state index contributed by atoms with van der Waals surface area (Å²) in [5.74, 6) is 2.04. The maximum absolute atomic E-state index is 5.81. The Morgan fingerprint density at radius 3 is 2.05 bits per heavy atom. The molecule has 0 saturated carbocycles. The van der Waals surface area contributed by atoms with E-state index in [0.29, 0.717) is 18.4 Å². The average Bonchev–Trinajstić information content (AvgIpc) is 2.54. The van der Waals surface area contributed by atoms with Crippen LogP contribution in [0.2, 0.25) is 0 Å². The third-order valence-electron chi connectivity index (χ3n) is 4.04. The molecule has 2 heteroatoms. The Labute approximate surface area is 134 Å². The smallest absolute Gasteiger partial charge is 0.197 e. The molecular formula is C20H26O2. The Kier molecular flexibility index (Phi) is 6.02. The average molecular weight is 298 g/mol. The fraction of sp³-hybridized carbons (Fsp3) is 0.400. The van der Waals surface area contributed by atoms with Crippen LogP contribution in [0, 0.1) is 5.92 Å². The predicted molar refractivity (Wildman–Crippen MR) is 91.0 cm³/mol. The molecule has 22 heavy (non-hydrogen) atoms. The molecule has 2 rings (SSSR count). The summed E-state index contributed by atoms with van der Waals surface area (Å²) in [5.41, 5.74) is 2.50. The van der Waals surface area contributed by atoms with Crippen LogP contribution in [0.3, 0.4) is 0 Å². The molecule has 0 aliphatic heterocycles. The maximum Gasteiger partial charge on any atom is 0.197 e. The largest absolute Gasteiger partial charge is 0.465 e. The second kappa shape index (κ2) is 8.00. The summed E-state index contributed by atoms with van der Waals surface area (Å²) >= 11 is 0. The highest BCUT2D eigenvalue weighted by Gasteiger charge is 2.10. The van der Waals surface area contributed by atoms with Crippen molar-refractivity contribution in [1.29, 1.82) is 0 Å². The van der Waals surface area contributed by atoms with Gasteiger partial charge in [0.2, 0.25) is 0 Å². The fourth-order valence-electron chi connectivity index (χ4n) is 2.25. The van der Waals surface area contributed by atoms with E-state index in [2.05, 4.69) is 45.0 Å². The lowest BCUT2D eigenvalue weighted by Gasteiger charge is -2.18. The van der Waals surface area contributed by atoms with E-state index in [1.165, 1.54) is 5.56 Å². The van der Waals surface area contributed by atoms with Gasteiger partial charge in [-0.3, -0.25) is 0 Å². The van der Waals surface area contributed by atoms with Gasteiger partial charge >= 0.3 is 0 Å². The second-order valence-corrected chi connectivity index (χ2v) is 6.08. The molecule has 2 aromatic rings. The molecule has 2 nitrogen and oxygen atoms in total. The van der Waals surface area contributed by atoms with Crippen LogP contribution in [-0.2, 0) is 11.3 Å². The fourth-order valence-corrected chi connectivity index (χ4v) is 2.25. The minimum absolute atomic E-state index is 0.270. The van der Waals surface area contributed by atoms with E-state index in [4.69, 9.17) is 9.47 Å². The van der Waals surface area contributed by atoms with Crippen LogP contribution in [0.25, 0.3) is 0 Å². The zero-order valence-corrected chi connectivity index (χ0v) is 14.0. The lowest BCUT2D eigenvalue weighted by Crippen LogP contribution is -2.16. The van der Waals surface area contributed by atoms with Gasteiger partial charge in [0.25, 0.3) is 0 Å². The normalized spacial score (nSPS) is 13.9. The Morgan fingerprint density at radius 2 is 1.45 bits per heavy atom. The number of hydrogen-bond donors (Lipinski definition) is 0. The topological polar surface area (TPSA) is 18.5 Å². The van der Waals surface area contributed by atoms with Crippen LogP contribution in [0.4, 0.5) is 0 Å². The molecule has 2 aromatic carbocycles. The second-order valence-electron chi connectivity index (χ2n) is 6.08. The molecule has 0 aromatic heterocycles. The Balaban J connectivity index is 1.85. The summed E-state index contributed by atoms with van der Waals surface area (Å²) in [7, 11) is 0. The minimum Gasteiger partial charge on any atom is -0.465 e. The van der Waals surface area contributed by atoms with E-state index >= 15 is 0 Å². The van der Waals surface area contributed by atoms with Crippen LogP contribution in [-0.4, -0.2) is 6.29 Å². The summed E-state index contributed by atoms with van der Waals surface area (Å²) in [5, 5.41) is 0. The van der Waals surface area contributed by atoms with E-state index in [0.717, 1.165) is 11.3 Å². The Hall–Kier alpha value is -1.80. The lowest BCUT2D eigenvalue weighted by atomic mass is 9.90. The van der Waals surface area contributed by atoms with Crippen molar-refractivity contribution in [2.24, 2.45) is 5.92 Å². The monoisotopic (exact) mass is 298 g/mol. The molecule has 0 bridgehead atoms. The molecule has 2 unspecified atom stereocenters. The van der Waals surface area contributed by atoms with Crippen molar-refractivity contribution in [3.8, 4) is 5.75 Å². The first kappa shape index (κ1) is 16.6. The summed E-state index contributed by atoms with van der Waals surface area (Å²) in [4.78, 5) is 0. The standard InChI is InChI=1S/C20H26O2/c1-15(2)16(3)19-10-12-20(13-11-19)22-17(4)21-14-18-8-6-5-7-9-18/h5-13,15-17H,14H2,1-4H3. The number of hydrogen-bond acceptors (Lipinski definition) is 2. The van der Waals surface area contributed by atoms with E-state index < -0.39 is 0 Å². The molecule has 0 N–H and O–H groups in total. The molecule has 2 atom stereocenters. The van der Waals surface area contributed by atoms with Crippen molar-refractivity contribution in [3.63, 3.8) is 0 Å². The highest BCUT2D eigenvalue weighted by atomic mass is 16.7. The molecule has 118 valence electrons. The van der Waals surface area contributed by atoms with Crippen molar-refractivity contribution < 1.29 is 9.47 Å². The molecule has 0 heterocycles. The minimum atomic E-state index is -0.270. The maximum atomic E-state index is 5.81. The van der Waals surface area contributed by atoms with Crippen LogP contribution in [0.1, 0.15) is 44.7 Å². The van der Waals surface area contributed by atoms with Gasteiger partial charge in [-0.25, -0.2) is 0 Å². The molecule has 0 spiro atoms. The summed E-state index contributed by atoms with van der Waals surface area (Å²) < 4.78 is 11.5. The van der Waals surface area contributed by atoms with E-state index in [1.54, 1.807) is 0 Å². The van der Waals surface area contributed by atoms with Crippen LogP contribution < -0.4 is 4.74 Å². The molecule has 0 amide bonds. The first-order valence-corrected chi connectivity index (χ1v) is 7.98. The van der Waals surface area contributed by atoms with Crippen molar-refractivity contribution in [2.75, 3.05) is 0 Å². The zero-order valence-electron chi connectivity index (χ0n) is 14.0. The van der Waals surface area contributed by atoms with Gasteiger partial charge in [-0.05, 0) is 42.0 Å². The first-order chi connectivity index (χ1) is 10.6. The van der Waals surface area contributed by atoms with Crippen molar-refractivity contribution in [3.05, 3.63) is 65.7 Å². The van der Waals surface area contributed by atoms with Crippen LogP contribution in [0.5, 0.6) is 5.75 Å². The SMILES string of the molecule is CC(OCc1ccccc1)Oc1ccc(C(C)C(C)C)cc1. The van der Waals surface area contributed by atoms with Gasteiger partial charge in [0.1, 0.15) is 5.75 Å². The van der Waals surface area contributed by atoms with Crippen LogP contribution >= 0.6 is 0 Å². The molecular weight excluding hydrogens is 272 g/mol. The van der Waals surface area contributed by atoms with Gasteiger partial charge in [-0.15, -0.1) is 0 Å². The van der Waals surface area contributed by atoms with Gasteiger partial charge in [-0.2, -0.15) is 0 Å². The summed E-state index contributed by atoms with van der Waals surface area (Å²) in [6, 6.07) is 18.5. The Bertz CT molecular complexity index is 546. The first-order valence-electron chi connectivity index (χ1n) is 7.98. The predicted octanol–water partition coefficient (Wildman–Crippen LogP) is 5.39. The van der Waals surface area contributed by atoms with E-state index in [9.17, 15) is 0 Å². The number of ether oxygens (including phenoxy) is 2. The summed E-state index contributed by atoms with van der Waals surface area (Å²) in [6.45, 7) is 9.23. The van der Waals surface area contributed by atoms with Crippen LogP contribution in [0.15, 0.2) is 54.6 Å². The molecule has 0 fully saturated rings. The highest BCUT2D eigenvalue weighted by molar-refractivity contribution is 5.29. The zero-order chi connectivity index (χ0) is 15.9. The van der Waals surface area contributed by atoms with Gasteiger partial charge < -0.3 is 9.47 Å². The van der Waals surface area contributed by atoms with E-state index in [-0.39, 0.29) is 6.29 Å². The van der Waals surface area contributed by atoms with Gasteiger partial charge in [0.15, 0.2) is 6.29 Å². The van der Waals surface area contributed by atoms with Crippen molar-refractivity contribution >= 4 is 0 Å². The van der Waals surface area contributed by atoms with Gasteiger partial charge in [-0.1, -0.05) is 63.2 Å². The molecule has 0 aliphatic carbocycles. The molecule has 0 saturated heterocycles. The molecule has 0 aliphatic rings. The Morgan fingerprint density at radius 1 is 0.818 bits per heavy atom. The molecule has 0 radical (unpaired) electrons. The third-order valence-corrected chi connectivity index (χ3v) is 4.04. The lowest BCUT2D eigenvalue weighted by molar-refractivity contribution is -0.0759. The summed E-state index contributed by atoms with van der Waals surface area (Å²) in [6.07, 6.45) is -0.270. The van der Waals surface area contributed by atoms with E-state index in [1.807, 2.05) is 37.3 Å². The third kappa shape index (κ3) is 4.88.